The minimum atomic E-state index is -1.02. The highest BCUT2D eigenvalue weighted by atomic mass is 16.5. The molecule has 0 heterocycles. The summed E-state index contributed by atoms with van der Waals surface area (Å²) in [5.74, 6) is -1.16. The van der Waals surface area contributed by atoms with Gasteiger partial charge in [0.05, 0.1) is 13.5 Å². The van der Waals surface area contributed by atoms with Crippen LogP contribution in [0.25, 0.3) is 0 Å². The third kappa shape index (κ3) is 3.21. The molecule has 5 heteroatoms. The molecule has 2 N–H and O–H groups in total. The fourth-order valence-corrected chi connectivity index (χ4v) is 1.49. The van der Waals surface area contributed by atoms with Gasteiger partial charge in [-0.25, -0.2) is 0 Å². The molecule has 0 aliphatic carbocycles. The number of hydrogen-bond donors (Lipinski definition) is 2. The predicted molar refractivity (Wildman–Crippen MR) is 60.6 cm³/mol. The van der Waals surface area contributed by atoms with Gasteiger partial charge in [-0.05, 0) is 24.6 Å². The number of carboxylic acid groups (broad SMARTS) is 1. The molecule has 1 aromatic rings. The number of hydrogen-bond acceptors (Lipinski definition) is 4. The molecule has 0 saturated carbocycles. The first-order valence-electron chi connectivity index (χ1n) is 5.08. The summed E-state index contributed by atoms with van der Waals surface area (Å²) in [6.07, 6.45) is -0.299. The van der Waals surface area contributed by atoms with E-state index in [1.54, 1.807) is 13.0 Å². The minimum Gasteiger partial charge on any atom is -0.504 e. The molecule has 0 unspecified atom stereocenters. The molecule has 0 atom stereocenters. The monoisotopic (exact) mass is 238 g/mol. The summed E-state index contributed by atoms with van der Waals surface area (Å²) in [5, 5.41) is 18.0. The van der Waals surface area contributed by atoms with Gasteiger partial charge in [0, 0.05) is 12.0 Å². The zero-order chi connectivity index (χ0) is 13.0. The van der Waals surface area contributed by atoms with Gasteiger partial charge < -0.3 is 14.9 Å². The van der Waals surface area contributed by atoms with E-state index in [1.165, 1.54) is 13.2 Å². The number of carbonyl (C=O) groups is 2. The second-order valence-corrected chi connectivity index (χ2v) is 3.66. The molecule has 17 heavy (non-hydrogen) atoms. The van der Waals surface area contributed by atoms with E-state index < -0.39 is 5.97 Å². The number of ketones is 1. The summed E-state index contributed by atoms with van der Waals surface area (Å²) in [7, 11) is 1.42. The highest BCUT2D eigenvalue weighted by Gasteiger charge is 2.14. The van der Waals surface area contributed by atoms with Crippen LogP contribution in [0.4, 0.5) is 0 Å². The summed E-state index contributed by atoms with van der Waals surface area (Å²) in [6, 6.07) is 2.85. The van der Waals surface area contributed by atoms with Crippen LogP contribution in [0.15, 0.2) is 12.1 Å². The quantitative estimate of drug-likeness (QED) is 0.763. The Bertz CT molecular complexity index is 450. The molecule has 92 valence electrons. The van der Waals surface area contributed by atoms with Crippen molar-refractivity contribution >= 4 is 11.8 Å². The smallest absolute Gasteiger partial charge is 0.303 e. The Labute approximate surface area is 98.6 Å². The molecule has 0 spiro atoms. The van der Waals surface area contributed by atoms with Gasteiger partial charge >= 0.3 is 5.97 Å². The molecule has 0 amide bonds. The number of ether oxygens (including phenoxy) is 1. The first-order valence-corrected chi connectivity index (χ1v) is 5.08. The predicted octanol–water partition coefficient (Wildman–Crippen LogP) is 1.76. The molecule has 0 bridgehead atoms. The summed E-state index contributed by atoms with van der Waals surface area (Å²) >= 11 is 0. The van der Waals surface area contributed by atoms with Crippen molar-refractivity contribution in [2.45, 2.75) is 19.8 Å². The zero-order valence-corrected chi connectivity index (χ0v) is 9.69. The molecule has 0 saturated heterocycles. The lowest BCUT2D eigenvalue weighted by Gasteiger charge is -2.09. The average molecular weight is 238 g/mol. The molecule has 0 aliphatic rings. The van der Waals surface area contributed by atoms with Crippen LogP contribution in [0.5, 0.6) is 11.5 Å². The number of rotatable bonds is 5. The summed E-state index contributed by atoms with van der Waals surface area (Å²) in [5.41, 5.74) is 0.972. The first-order chi connectivity index (χ1) is 7.95. The van der Waals surface area contributed by atoms with Crippen molar-refractivity contribution in [1.82, 2.24) is 0 Å². The minimum absolute atomic E-state index is 0.0814. The van der Waals surface area contributed by atoms with E-state index in [0.29, 0.717) is 11.1 Å². The average Bonchev–Trinajstić information content (AvgIpc) is 2.28. The maximum atomic E-state index is 11.7. The normalized spacial score (nSPS) is 10.0. The Morgan fingerprint density at radius 2 is 1.94 bits per heavy atom. The fraction of sp³-hybridized carbons (Fsp3) is 0.333. The molecule has 0 aliphatic heterocycles. The largest absolute Gasteiger partial charge is 0.504 e. The second-order valence-electron chi connectivity index (χ2n) is 3.66. The van der Waals surface area contributed by atoms with Gasteiger partial charge in [-0.1, -0.05) is 0 Å². The van der Waals surface area contributed by atoms with Gasteiger partial charge in [-0.15, -0.1) is 0 Å². The van der Waals surface area contributed by atoms with Crippen LogP contribution in [0.3, 0.4) is 0 Å². The lowest BCUT2D eigenvalue weighted by Crippen LogP contribution is -2.05. The third-order valence-corrected chi connectivity index (χ3v) is 2.39. The summed E-state index contributed by atoms with van der Waals surface area (Å²) in [6.45, 7) is 1.70. The van der Waals surface area contributed by atoms with Crippen molar-refractivity contribution < 1.29 is 24.5 Å². The zero-order valence-electron chi connectivity index (χ0n) is 9.69. The van der Waals surface area contributed by atoms with E-state index in [-0.39, 0.29) is 30.1 Å². The molecule has 0 fully saturated rings. The maximum absolute atomic E-state index is 11.7. The van der Waals surface area contributed by atoms with E-state index >= 15 is 0 Å². The topological polar surface area (TPSA) is 83.8 Å². The van der Waals surface area contributed by atoms with Crippen molar-refractivity contribution in [3.8, 4) is 11.5 Å². The van der Waals surface area contributed by atoms with Gasteiger partial charge in [0.2, 0.25) is 0 Å². The number of aliphatic carboxylic acids is 1. The Kier molecular flexibility index (Phi) is 4.09. The van der Waals surface area contributed by atoms with Crippen LogP contribution in [-0.2, 0) is 4.79 Å². The third-order valence-electron chi connectivity index (χ3n) is 2.39. The van der Waals surface area contributed by atoms with Crippen LogP contribution in [0.2, 0.25) is 0 Å². The number of phenols is 1. The van der Waals surface area contributed by atoms with Crippen LogP contribution < -0.4 is 4.74 Å². The molecular weight excluding hydrogens is 224 g/mol. The number of aromatic hydroxyl groups is 1. The molecule has 1 aromatic carbocycles. The van der Waals surface area contributed by atoms with E-state index in [9.17, 15) is 14.7 Å². The highest BCUT2D eigenvalue weighted by molar-refractivity contribution is 5.99. The van der Waals surface area contributed by atoms with Gasteiger partial charge in [0.15, 0.2) is 17.3 Å². The maximum Gasteiger partial charge on any atom is 0.303 e. The summed E-state index contributed by atoms with van der Waals surface area (Å²) < 4.78 is 4.90. The molecule has 1 rings (SSSR count). The number of aryl methyl sites for hydroxylation is 1. The van der Waals surface area contributed by atoms with E-state index in [1.807, 2.05) is 0 Å². The number of Topliss-reactive ketones (excluding diaryl/α,β-unsaturated/α-hetero) is 1. The number of benzene rings is 1. The number of methoxy groups -OCH3 is 1. The lowest BCUT2D eigenvalue weighted by molar-refractivity contribution is -0.136. The van der Waals surface area contributed by atoms with E-state index in [2.05, 4.69) is 0 Å². The Balaban J connectivity index is 2.94. The molecule has 0 aromatic heterocycles. The Hall–Kier alpha value is -2.04. The standard InChI is InChI=1S/C12H14O5/c1-7-5-11(17-2)10(14)6-8(7)9(13)3-4-12(15)16/h5-6,14H,3-4H2,1-2H3,(H,15,16). The number of carboxylic acids is 1. The first kappa shape index (κ1) is 13.0. The van der Waals surface area contributed by atoms with Crippen LogP contribution in [-0.4, -0.2) is 29.1 Å². The van der Waals surface area contributed by atoms with Crippen molar-refractivity contribution in [2.24, 2.45) is 0 Å². The van der Waals surface area contributed by atoms with Crippen molar-refractivity contribution in [3.05, 3.63) is 23.3 Å². The van der Waals surface area contributed by atoms with Crippen molar-refractivity contribution in [1.29, 1.82) is 0 Å². The lowest BCUT2D eigenvalue weighted by atomic mass is 10.0. The van der Waals surface area contributed by atoms with Crippen molar-refractivity contribution in [3.63, 3.8) is 0 Å². The van der Waals surface area contributed by atoms with Gasteiger partial charge in [-0.3, -0.25) is 9.59 Å². The van der Waals surface area contributed by atoms with Gasteiger partial charge in [0.1, 0.15) is 0 Å². The SMILES string of the molecule is COc1cc(C)c(C(=O)CCC(=O)O)cc1O. The second kappa shape index (κ2) is 5.34. The Morgan fingerprint density at radius 3 is 2.47 bits per heavy atom. The van der Waals surface area contributed by atoms with Gasteiger partial charge in [-0.2, -0.15) is 0 Å². The number of phenolic OH excluding ortho intramolecular Hbond substituents is 1. The van der Waals surface area contributed by atoms with E-state index in [0.717, 1.165) is 0 Å². The van der Waals surface area contributed by atoms with Crippen molar-refractivity contribution in [2.75, 3.05) is 7.11 Å². The van der Waals surface area contributed by atoms with Gasteiger partial charge in [0.25, 0.3) is 0 Å². The van der Waals surface area contributed by atoms with Crippen LogP contribution >= 0.6 is 0 Å². The Morgan fingerprint density at radius 1 is 1.29 bits per heavy atom. The fourth-order valence-electron chi connectivity index (χ4n) is 1.49. The van der Waals surface area contributed by atoms with Crippen LogP contribution in [0.1, 0.15) is 28.8 Å². The molecular formula is C12H14O5. The number of carbonyl (C=O) groups excluding carboxylic acids is 1. The highest BCUT2D eigenvalue weighted by Crippen LogP contribution is 2.29. The summed E-state index contributed by atoms with van der Waals surface area (Å²) in [4.78, 5) is 22.1. The van der Waals surface area contributed by atoms with Crippen LogP contribution in [0, 0.1) is 6.92 Å². The molecule has 5 nitrogen and oxygen atoms in total. The molecule has 0 radical (unpaired) electrons. The van der Waals surface area contributed by atoms with E-state index in [4.69, 9.17) is 9.84 Å².